The minimum Gasteiger partial charge on any atom is -0.458 e. The number of carbonyl (C=O) groups excluding carboxylic acids is 2. The predicted molar refractivity (Wildman–Crippen MR) is 115 cm³/mol. The quantitative estimate of drug-likeness (QED) is 0.349. The van der Waals surface area contributed by atoms with E-state index in [4.69, 9.17) is 4.74 Å². The van der Waals surface area contributed by atoms with Crippen LogP contribution in [-0.4, -0.2) is 50.2 Å². The highest BCUT2D eigenvalue weighted by atomic mass is 16.5. The maximum Gasteiger partial charge on any atom is 0.335 e. The van der Waals surface area contributed by atoms with Crippen LogP contribution >= 0.6 is 0 Å². The van der Waals surface area contributed by atoms with Crippen molar-refractivity contribution in [2.45, 2.75) is 6.04 Å². The van der Waals surface area contributed by atoms with Crippen molar-refractivity contribution in [2.75, 3.05) is 27.3 Å². The summed E-state index contributed by atoms with van der Waals surface area (Å²) in [5, 5.41) is 0. The second-order valence-electron chi connectivity index (χ2n) is 5.71. The summed E-state index contributed by atoms with van der Waals surface area (Å²) < 4.78 is 9.48. The largest absolute Gasteiger partial charge is 0.458 e. The van der Waals surface area contributed by atoms with Crippen LogP contribution in [-0.2, 0) is 19.1 Å². The van der Waals surface area contributed by atoms with Gasteiger partial charge in [-0.2, -0.15) is 0 Å². The smallest absolute Gasteiger partial charge is 0.335 e. The van der Waals surface area contributed by atoms with Gasteiger partial charge in [-0.15, -0.1) is 0 Å². The Hall–Kier alpha value is -3.18. The van der Waals surface area contributed by atoms with E-state index in [1.165, 1.54) is 12.2 Å². The lowest BCUT2D eigenvalue weighted by Crippen LogP contribution is -2.31. The molecular formula is C23H29NO4. The van der Waals surface area contributed by atoms with Gasteiger partial charge in [-0.1, -0.05) is 81.0 Å². The molecule has 150 valence electrons. The van der Waals surface area contributed by atoms with Crippen LogP contribution in [0, 0.1) is 0 Å². The number of nitrogens with zero attached hydrogens (tertiary/aromatic N) is 1. The van der Waals surface area contributed by atoms with Crippen molar-refractivity contribution >= 4 is 18.0 Å². The number of benzene rings is 1. The monoisotopic (exact) mass is 383 g/mol. The van der Waals surface area contributed by atoms with E-state index in [1.807, 2.05) is 61.5 Å². The van der Waals surface area contributed by atoms with E-state index >= 15 is 0 Å². The highest BCUT2D eigenvalue weighted by Gasteiger charge is 2.19. The summed E-state index contributed by atoms with van der Waals surface area (Å²) in [6, 6.07) is 9.71. The van der Waals surface area contributed by atoms with Gasteiger partial charge in [0.25, 0.3) is 0 Å². The molecule has 0 spiro atoms. The van der Waals surface area contributed by atoms with Gasteiger partial charge < -0.3 is 9.47 Å². The normalized spacial score (nSPS) is 11.0. The molecule has 1 rings (SSSR count). The molecule has 28 heavy (non-hydrogen) atoms. The molecule has 1 atom stereocenters. The van der Waals surface area contributed by atoms with E-state index in [-0.39, 0.29) is 19.3 Å². The molecule has 5 nitrogen and oxygen atoms in total. The van der Waals surface area contributed by atoms with Crippen molar-refractivity contribution in [3.8, 4) is 0 Å². The third-order valence-corrected chi connectivity index (χ3v) is 3.29. The number of esters is 2. The van der Waals surface area contributed by atoms with Crippen LogP contribution in [0.1, 0.15) is 5.56 Å². The van der Waals surface area contributed by atoms with Crippen LogP contribution in [0.15, 0.2) is 86.5 Å². The molecule has 0 aliphatic rings. The summed E-state index contributed by atoms with van der Waals surface area (Å²) in [5.74, 6) is -0.814. The fourth-order valence-electron chi connectivity index (χ4n) is 1.91. The van der Waals surface area contributed by atoms with E-state index < -0.39 is 11.9 Å². The first kappa shape index (κ1) is 24.8. The van der Waals surface area contributed by atoms with Crippen molar-refractivity contribution in [1.29, 1.82) is 0 Å². The minimum absolute atomic E-state index is 0.195. The fraction of sp³-hybridized carbons (Fsp3) is 0.217. The Morgan fingerprint density at radius 2 is 1.61 bits per heavy atom. The summed E-state index contributed by atoms with van der Waals surface area (Å²) in [6.45, 7) is 14.4. The van der Waals surface area contributed by atoms with Crippen LogP contribution in [0.2, 0.25) is 0 Å². The van der Waals surface area contributed by atoms with Gasteiger partial charge in [-0.05, 0) is 19.7 Å². The first-order valence-electron chi connectivity index (χ1n) is 8.63. The molecule has 0 N–H and O–H groups in total. The molecule has 0 saturated carbocycles. The molecule has 0 aliphatic heterocycles. The first-order valence-corrected chi connectivity index (χ1v) is 8.63. The van der Waals surface area contributed by atoms with Crippen molar-refractivity contribution in [1.82, 2.24) is 4.90 Å². The minimum atomic E-state index is -0.412. The molecule has 1 unspecified atom stereocenters. The summed E-state index contributed by atoms with van der Waals surface area (Å²) in [4.78, 5) is 23.9. The molecule has 0 amide bonds. The lowest BCUT2D eigenvalue weighted by molar-refractivity contribution is -0.138. The summed E-state index contributed by atoms with van der Waals surface area (Å²) in [7, 11) is 3.79. The highest BCUT2D eigenvalue weighted by Crippen LogP contribution is 2.12. The molecule has 1 aromatic carbocycles. The van der Waals surface area contributed by atoms with Crippen LogP contribution in [0.4, 0.5) is 0 Å². The number of hydrogen-bond donors (Lipinski definition) is 0. The van der Waals surface area contributed by atoms with Crippen molar-refractivity contribution < 1.29 is 19.1 Å². The Morgan fingerprint density at radius 1 is 1.04 bits per heavy atom. The summed E-state index contributed by atoms with van der Waals surface area (Å²) in [6.07, 6.45) is 8.06. The second-order valence-corrected chi connectivity index (χ2v) is 5.71. The van der Waals surface area contributed by atoms with Gasteiger partial charge in [0.15, 0.2) is 0 Å². The third-order valence-electron chi connectivity index (χ3n) is 3.29. The van der Waals surface area contributed by atoms with Crippen LogP contribution in [0.3, 0.4) is 0 Å². The van der Waals surface area contributed by atoms with Crippen molar-refractivity contribution in [2.24, 2.45) is 0 Å². The van der Waals surface area contributed by atoms with E-state index in [0.29, 0.717) is 5.57 Å². The zero-order chi connectivity index (χ0) is 21.4. The fourth-order valence-corrected chi connectivity index (χ4v) is 1.91. The van der Waals surface area contributed by atoms with Gasteiger partial charge >= 0.3 is 11.9 Å². The Kier molecular flexibility index (Phi) is 13.2. The first-order chi connectivity index (χ1) is 13.4. The lowest BCUT2D eigenvalue weighted by atomic mass is 10.1. The highest BCUT2D eigenvalue weighted by molar-refractivity contribution is 5.90. The standard InChI is InChI=1S/C17H21NO2.C6H8O2/c1-5-13-20-17(19)14(2)16(18(3)4)12-11-15-9-7-6-8-10-15;1-3-5-8-6(7)4-2/h5-12,16H,1-2,13H2,3-4H3;3-4H,1-2,5H2. The van der Waals surface area contributed by atoms with Crippen LogP contribution in [0.5, 0.6) is 0 Å². The molecule has 1 aromatic rings. The zero-order valence-corrected chi connectivity index (χ0v) is 16.7. The van der Waals surface area contributed by atoms with Gasteiger partial charge in [0.2, 0.25) is 0 Å². The molecule has 0 saturated heterocycles. The maximum absolute atomic E-state index is 11.8. The van der Waals surface area contributed by atoms with Crippen LogP contribution in [0.25, 0.3) is 6.08 Å². The Balaban J connectivity index is 0.000000769. The van der Waals surface area contributed by atoms with Crippen molar-refractivity contribution in [3.05, 3.63) is 92.1 Å². The topological polar surface area (TPSA) is 55.8 Å². The Labute approximate surface area is 168 Å². The zero-order valence-electron chi connectivity index (χ0n) is 16.7. The predicted octanol–water partition coefficient (Wildman–Crippen LogP) is 3.82. The summed E-state index contributed by atoms with van der Waals surface area (Å²) in [5.41, 5.74) is 1.48. The van der Waals surface area contributed by atoms with E-state index in [9.17, 15) is 9.59 Å². The molecule has 0 bridgehead atoms. The SMILES string of the molecule is C=CCOC(=O)C(=C)C(C=Cc1ccccc1)N(C)C.C=CCOC(=O)C=C. The molecule has 0 radical (unpaired) electrons. The molecular weight excluding hydrogens is 354 g/mol. The van der Waals surface area contributed by atoms with Gasteiger partial charge in [0, 0.05) is 6.08 Å². The molecule has 0 aliphatic carbocycles. The number of likely N-dealkylation sites (N-methyl/N-ethyl adjacent to an activating group) is 1. The van der Waals surface area contributed by atoms with Gasteiger partial charge in [-0.25, -0.2) is 9.59 Å². The van der Waals surface area contributed by atoms with Gasteiger partial charge in [-0.3, -0.25) is 4.90 Å². The van der Waals surface area contributed by atoms with Crippen LogP contribution < -0.4 is 0 Å². The molecule has 5 heteroatoms. The second kappa shape index (κ2) is 14.9. The average molecular weight is 383 g/mol. The van der Waals surface area contributed by atoms with Crippen molar-refractivity contribution in [3.63, 3.8) is 0 Å². The Morgan fingerprint density at radius 3 is 2.11 bits per heavy atom. The number of ether oxygens (including phenoxy) is 2. The number of carbonyl (C=O) groups is 2. The molecule has 0 heterocycles. The average Bonchev–Trinajstić information content (AvgIpc) is 2.71. The van der Waals surface area contributed by atoms with E-state index in [2.05, 4.69) is 31.1 Å². The summed E-state index contributed by atoms with van der Waals surface area (Å²) >= 11 is 0. The Bertz CT molecular complexity index is 690. The van der Waals surface area contributed by atoms with Gasteiger partial charge in [0.1, 0.15) is 13.2 Å². The maximum atomic E-state index is 11.8. The van der Waals surface area contributed by atoms with Gasteiger partial charge in [0.05, 0.1) is 11.6 Å². The lowest BCUT2D eigenvalue weighted by Gasteiger charge is -2.22. The van der Waals surface area contributed by atoms with E-state index in [0.717, 1.165) is 11.6 Å². The van der Waals surface area contributed by atoms with E-state index in [1.54, 1.807) is 0 Å². The molecule has 0 fully saturated rings. The number of rotatable bonds is 10. The molecule has 0 aromatic heterocycles. The third kappa shape index (κ3) is 10.7. The number of hydrogen-bond acceptors (Lipinski definition) is 5.